The summed E-state index contributed by atoms with van der Waals surface area (Å²) in [5.74, 6) is -0.902. The van der Waals surface area contributed by atoms with Gasteiger partial charge in [0, 0.05) is 31.2 Å². The summed E-state index contributed by atoms with van der Waals surface area (Å²) >= 11 is 6.29. The second-order valence-corrected chi connectivity index (χ2v) is 8.03. The highest BCUT2D eigenvalue weighted by Crippen LogP contribution is 2.27. The zero-order chi connectivity index (χ0) is 20.8. The van der Waals surface area contributed by atoms with Crippen LogP contribution in [0.1, 0.15) is 43.7 Å². The Kier molecular flexibility index (Phi) is 7.36. The number of hydrogen-bond donors (Lipinski definition) is 1. The lowest BCUT2D eigenvalue weighted by atomic mass is 9.95. The van der Waals surface area contributed by atoms with Crippen molar-refractivity contribution in [1.82, 2.24) is 15.1 Å². The molecule has 0 aliphatic carbocycles. The molecule has 0 radical (unpaired) electrons. The molecule has 1 aromatic rings. The molecule has 2 atom stereocenters. The van der Waals surface area contributed by atoms with E-state index in [0.717, 1.165) is 32.4 Å². The van der Waals surface area contributed by atoms with Gasteiger partial charge in [0.1, 0.15) is 0 Å². The van der Waals surface area contributed by atoms with E-state index in [1.54, 1.807) is 23.1 Å². The second kappa shape index (κ2) is 9.96. The molecule has 8 heteroatoms. The van der Waals surface area contributed by atoms with E-state index < -0.39 is 12.0 Å². The van der Waals surface area contributed by atoms with Crippen LogP contribution in [0.5, 0.6) is 0 Å². The van der Waals surface area contributed by atoms with Crippen LogP contribution in [0.15, 0.2) is 24.3 Å². The number of methoxy groups -OCH3 is 1. The number of halogens is 1. The molecular formula is C21H28ClN3O4. The van der Waals surface area contributed by atoms with E-state index in [-0.39, 0.29) is 24.3 Å². The Labute approximate surface area is 176 Å². The fourth-order valence-corrected chi connectivity index (χ4v) is 4.28. The van der Waals surface area contributed by atoms with Crippen molar-refractivity contribution in [2.75, 3.05) is 33.3 Å². The third kappa shape index (κ3) is 5.41. The van der Waals surface area contributed by atoms with Crippen LogP contribution in [0.2, 0.25) is 5.02 Å². The van der Waals surface area contributed by atoms with Gasteiger partial charge in [-0.15, -0.1) is 0 Å². The number of rotatable bonds is 5. The molecule has 0 unspecified atom stereocenters. The first-order valence-corrected chi connectivity index (χ1v) is 10.5. The van der Waals surface area contributed by atoms with Gasteiger partial charge in [-0.05, 0) is 37.3 Å². The minimum atomic E-state index is -0.576. The first-order chi connectivity index (χ1) is 14.0. The number of piperidine rings is 1. The van der Waals surface area contributed by atoms with Crippen molar-refractivity contribution in [3.63, 3.8) is 0 Å². The van der Waals surface area contributed by atoms with Gasteiger partial charge in [0.2, 0.25) is 5.91 Å². The molecule has 29 heavy (non-hydrogen) atoms. The maximum atomic E-state index is 13.0. The van der Waals surface area contributed by atoms with Crippen molar-refractivity contribution in [3.8, 4) is 0 Å². The number of nitrogens with zero attached hydrogens (tertiary/aromatic N) is 2. The number of likely N-dealkylation sites (tertiary alicyclic amines) is 2. The third-order valence-electron chi connectivity index (χ3n) is 5.63. The Morgan fingerprint density at radius 3 is 2.52 bits per heavy atom. The Morgan fingerprint density at radius 2 is 1.83 bits per heavy atom. The summed E-state index contributed by atoms with van der Waals surface area (Å²) in [6.07, 6.45) is 3.57. The van der Waals surface area contributed by atoms with Crippen LogP contribution in [0.4, 0.5) is 4.79 Å². The highest BCUT2D eigenvalue weighted by Gasteiger charge is 2.33. The molecule has 0 bridgehead atoms. The topological polar surface area (TPSA) is 79.0 Å². The third-order valence-corrected chi connectivity index (χ3v) is 5.98. The van der Waals surface area contributed by atoms with E-state index in [9.17, 15) is 14.4 Å². The largest absolute Gasteiger partial charge is 0.469 e. The average Bonchev–Trinajstić information content (AvgIpc) is 3.28. The highest BCUT2D eigenvalue weighted by atomic mass is 35.5. The lowest BCUT2D eigenvalue weighted by molar-refractivity contribution is -0.141. The number of nitrogens with one attached hydrogen (secondary N) is 1. The van der Waals surface area contributed by atoms with Crippen molar-refractivity contribution >= 4 is 29.5 Å². The number of esters is 1. The molecule has 3 rings (SSSR count). The van der Waals surface area contributed by atoms with Crippen LogP contribution >= 0.6 is 11.6 Å². The summed E-state index contributed by atoms with van der Waals surface area (Å²) in [6, 6.07) is 6.58. The molecule has 3 amide bonds. The zero-order valence-electron chi connectivity index (χ0n) is 16.7. The van der Waals surface area contributed by atoms with Gasteiger partial charge in [0.05, 0.1) is 25.5 Å². The molecule has 2 heterocycles. The monoisotopic (exact) mass is 421 g/mol. The number of urea groups is 1. The molecule has 0 saturated carbocycles. The molecule has 2 aliphatic heterocycles. The molecule has 0 aromatic heterocycles. The Balaban J connectivity index is 1.67. The quantitative estimate of drug-likeness (QED) is 0.741. The van der Waals surface area contributed by atoms with Gasteiger partial charge in [-0.25, -0.2) is 4.79 Å². The predicted molar refractivity (Wildman–Crippen MR) is 109 cm³/mol. The molecule has 2 saturated heterocycles. The maximum Gasteiger partial charge on any atom is 0.320 e. The minimum Gasteiger partial charge on any atom is -0.469 e. The zero-order valence-corrected chi connectivity index (χ0v) is 17.5. The molecule has 7 nitrogen and oxygen atoms in total. The Morgan fingerprint density at radius 1 is 1.14 bits per heavy atom. The van der Waals surface area contributed by atoms with Crippen LogP contribution < -0.4 is 5.32 Å². The van der Waals surface area contributed by atoms with Crippen LogP contribution in [0.3, 0.4) is 0 Å². The van der Waals surface area contributed by atoms with Gasteiger partial charge >= 0.3 is 12.0 Å². The number of carbonyl (C=O) groups excluding carboxylic acids is 3. The van der Waals surface area contributed by atoms with E-state index in [1.807, 2.05) is 11.0 Å². The summed E-state index contributed by atoms with van der Waals surface area (Å²) < 4.78 is 4.78. The van der Waals surface area contributed by atoms with Crippen molar-refractivity contribution in [2.45, 2.75) is 38.1 Å². The van der Waals surface area contributed by atoms with Gasteiger partial charge < -0.3 is 19.9 Å². The SMILES string of the molecule is COC(=O)C[C@@H](NC(=O)[C@@H]1CCCN(C(=O)N2CCCC2)C1)c1ccccc1Cl. The van der Waals surface area contributed by atoms with Gasteiger partial charge in [-0.3, -0.25) is 9.59 Å². The summed E-state index contributed by atoms with van der Waals surface area (Å²) in [4.78, 5) is 41.2. The number of hydrogen-bond acceptors (Lipinski definition) is 4. The fourth-order valence-electron chi connectivity index (χ4n) is 4.01. The molecule has 0 spiro atoms. The lowest BCUT2D eigenvalue weighted by Crippen LogP contribution is -2.50. The first kappa shape index (κ1) is 21.4. The second-order valence-electron chi connectivity index (χ2n) is 7.62. The Hall–Kier alpha value is -2.28. The Bertz CT molecular complexity index is 751. The van der Waals surface area contributed by atoms with Crippen LogP contribution in [0.25, 0.3) is 0 Å². The molecule has 1 aromatic carbocycles. The molecule has 1 N–H and O–H groups in total. The van der Waals surface area contributed by atoms with Crippen molar-refractivity contribution in [2.24, 2.45) is 5.92 Å². The number of ether oxygens (including phenoxy) is 1. The number of benzene rings is 1. The summed E-state index contributed by atoms with van der Waals surface area (Å²) in [6.45, 7) is 2.66. The molecule has 2 fully saturated rings. The van der Waals surface area contributed by atoms with Crippen molar-refractivity contribution < 1.29 is 19.1 Å². The van der Waals surface area contributed by atoms with Gasteiger partial charge in [0.25, 0.3) is 0 Å². The van der Waals surface area contributed by atoms with E-state index in [2.05, 4.69) is 5.32 Å². The van der Waals surface area contributed by atoms with E-state index in [1.165, 1.54) is 7.11 Å². The molecule has 2 aliphatic rings. The average molecular weight is 422 g/mol. The fraction of sp³-hybridized carbons (Fsp3) is 0.571. The lowest BCUT2D eigenvalue weighted by Gasteiger charge is -2.35. The number of amides is 3. The highest BCUT2D eigenvalue weighted by molar-refractivity contribution is 6.31. The predicted octanol–water partition coefficient (Wildman–Crippen LogP) is 2.99. The smallest absolute Gasteiger partial charge is 0.320 e. The van der Waals surface area contributed by atoms with Gasteiger partial charge in [-0.1, -0.05) is 29.8 Å². The number of carbonyl (C=O) groups is 3. The minimum absolute atomic E-state index is 0.00485. The van der Waals surface area contributed by atoms with E-state index in [4.69, 9.17) is 16.3 Å². The van der Waals surface area contributed by atoms with Crippen molar-refractivity contribution in [1.29, 1.82) is 0 Å². The van der Waals surface area contributed by atoms with Gasteiger partial charge in [-0.2, -0.15) is 0 Å². The van der Waals surface area contributed by atoms with E-state index in [0.29, 0.717) is 30.1 Å². The normalized spacial score (nSPS) is 20.3. The van der Waals surface area contributed by atoms with Crippen LogP contribution in [0, 0.1) is 5.92 Å². The van der Waals surface area contributed by atoms with E-state index >= 15 is 0 Å². The van der Waals surface area contributed by atoms with Crippen LogP contribution in [-0.2, 0) is 14.3 Å². The van der Waals surface area contributed by atoms with Crippen LogP contribution in [-0.4, -0.2) is 61.0 Å². The summed E-state index contributed by atoms with van der Waals surface area (Å²) in [5.41, 5.74) is 0.675. The first-order valence-electron chi connectivity index (χ1n) is 10.1. The van der Waals surface area contributed by atoms with Crippen molar-refractivity contribution in [3.05, 3.63) is 34.9 Å². The maximum absolute atomic E-state index is 13.0. The van der Waals surface area contributed by atoms with Gasteiger partial charge in [0.15, 0.2) is 0 Å². The standard InChI is InChI=1S/C21H28ClN3O4/c1-29-19(26)13-18(16-8-2-3-9-17(16)22)23-20(27)15-7-6-12-25(14-15)21(28)24-10-4-5-11-24/h2-3,8-9,15,18H,4-7,10-14H2,1H3,(H,23,27)/t15-,18-/m1/s1. The summed E-state index contributed by atoms with van der Waals surface area (Å²) in [7, 11) is 1.32. The summed E-state index contributed by atoms with van der Waals surface area (Å²) in [5, 5.41) is 3.44. The molecule has 158 valence electrons. The molecular weight excluding hydrogens is 394 g/mol.